The highest BCUT2D eigenvalue weighted by Gasteiger charge is 2.16. The molecule has 0 spiro atoms. The van der Waals surface area contributed by atoms with Gasteiger partial charge in [0.25, 0.3) is 5.91 Å². The Bertz CT molecular complexity index is 646. The van der Waals surface area contributed by atoms with Gasteiger partial charge in [-0.25, -0.2) is 4.39 Å². The third-order valence-corrected chi connectivity index (χ3v) is 3.27. The molecule has 0 aromatic heterocycles. The molecule has 0 fully saturated rings. The molecule has 2 aromatic carbocycles. The minimum absolute atomic E-state index is 0.0188. The van der Waals surface area contributed by atoms with Crippen molar-refractivity contribution in [2.45, 2.75) is 13.0 Å². The van der Waals surface area contributed by atoms with Crippen LogP contribution in [-0.4, -0.2) is 11.0 Å². The first kappa shape index (κ1) is 14.3. The molecule has 0 bridgehead atoms. The maximum absolute atomic E-state index is 12.9. The SMILES string of the molecule is CC(NC(=O)c1ccc(F)cc1O)c1ccccc1Cl. The first-order valence-electron chi connectivity index (χ1n) is 6.03. The number of carbonyl (C=O) groups is 1. The maximum atomic E-state index is 12.9. The van der Waals surface area contributed by atoms with Crippen molar-refractivity contribution in [2.75, 3.05) is 0 Å². The van der Waals surface area contributed by atoms with Crippen molar-refractivity contribution in [3.8, 4) is 5.75 Å². The molecular formula is C15H13ClFNO2. The Morgan fingerprint density at radius 3 is 2.65 bits per heavy atom. The molecule has 1 amide bonds. The van der Waals surface area contributed by atoms with Crippen LogP contribution < -0.4 is 5.32 Å². The molecule has 3 nitrogen and oxygen atoms in total. The van der Waals surface area contributed by atoms with Gasteiger partial charge in [-0.2, -0.15) is 0 Å². The van der Waals surface area contributed by atoms with Crippen LogP contribution in [0.25, 0.3) is 0 Å². The molecule has 0 saturated heterocycles. The van der Waals surface area contributed by atoms with Gasteiger partial charge in [0.05, 0.1) is 11.6 Å². The molecule has 5 heteroatoms. The van der Waals surface area contributed by atoms with E-state index in [1.807, 2.05) is 6.07 Å². The van der Waals surface area contributed by atoms with E-state index < -0.39 is 17.5 Å². The second-order valence-electron chi connectivity index (χ2n) is 4.38. The molecule has 1 unspecified atom stereocenters. The fourth-order valence-electron chi connectivity index (χ4n) is 1.88. The zero-order chi connectivity index (χ0) is 14.7. The average molecular weight is 294 g/mol. The summed E-state index contributed by atoms with van der Waals surface area (Å²) in [6.07, 6.45) is 0. The summed E-state index contributed by atoms with van der Waals surface area (Å²) in [6, 6.07) is 10.1. The Kier molecular flexibility index (Phi) is 4.25. The predicted molar refractivity (Wildman–Crippen MR) is 75.4 cm³/mol. The Morgan fingerprint density at radius 1 is 1.30 bits per heavy atom. The number of aromatic hydroxyl groups is 1. The Morgan fingerprint density at radius 2 is 2.00 bits per heavy atom. The first-order chi connectivity index (χ1) is 9.49. The molecule has 0 aliphatic rings. The molecule has 0 saturated carbocycles. The summed E-state index contributed by atoms with van der Waals surface area (Å²) in [4.78, 5) is 12.0. The summed E-state index contributed by atoms with van der Waals surface area (Å²) >= 11 is 6.05. The van der Waals surface area contributed by atoms with Crippen molar-refractivity contribution in [1.29, 1.82) is 0 Å². The van der Waals surface area contributed by atoms with Crippen molar-refractivity contribution in [3.05, 3.63) is 64.4 Å². The molecule has 2 rings (SSSR count). The standard InChI is InChI=1S/C15H13ClFNO2/c1-9(11-4-2-3-5-13(11)16)18-15(20)12-7-6-10(17)8-14(12)19/h2-9,19H,1H3,(H,18,20). The highest BCUT2D eigenvalue weighted by atomic mass is 35.5. The second kappa shape index (κ2) is 5.92. The molecule has 0 aliphatic carbocycles. The number of hydrogen-bond donors (Lipinski definition) is 2. The number of carbonyl (C=O) groups excluding carboxylic acids is 1. The van der Waals surface area contributed by atoms with Crippen LogP contribution in [0.15, 0.2) is 42.5 Å². The lowest BCUT2D eigenvalue weighted by molar-refractivity contribution is 0.0937. The van der Waals surface area contributed by atoms with Crippen molar-refractivity contribution in [1.82, 2.24) is 5.32 Å². The molecule has 0 radical (unpaired) electrons. The van der Waals surface area contributed by atoms with Crippen LogP contribution in [0, 0.1) is 5.82 Å². The molecule has 0 heterocycles. The van der Waals surface area contributed by atoms with Crippen LogP contribution in [-0.2, 0) is 0 Å². The Balaban J connectivity index is 2.17. The molecular weight excluding hydrogens is 281 g/mol. The number of rotatable bonds is 3. The van der Waals surface area contributed by atoms with E-state index >= 15 is 0 Å². The van der Waals surface area contributed by atoms with Crippen molar-refractivity contribution >= 4 is 17.5 Å². The summed E-state index contributed by atoms with van der Waals surface area (Å²) in [5.74, 6) is -1.48. The van der Waals surface area contributed by atoms with Gasteiger partial charge in [0.2, 0.25) is 0 Å². The third kappa shape index (κ3) is 3.08. The number of nitrogens with one attached hydrogen (secondary N) is 1. The number of hydrogen-bond acceptors (Lipinski definition) is 2. The van der Waals surface area contributed by atoms with Crippen molar-refractivity contribution in [3.63, 3.8) is 0 Å². The van der Waals surface area contributed by atoms with E-state index in [1.165, 1.54) is 6.07 Å². The topological polar surface area (TPSA) is 49.3 Å². The zero-order valence-corrected chi connectivity index (χ0v) is 11.5. The monoisotopic (exact) mass is 293 g/mol. The molecule has 104 valence electrons. The van der Waals surface area contributed by atoms with Gasteiger partial charge in [0.1, 0.15) is 11.6 Å². The summed E-state index contributed by atoms with van der Waals surface area (Å²) in [6.45, 7) is 1.78. The lowest BCUT2D eigenvalue weighted by Crippen LogP contribution is -2.26. The maximum Gasteiger partial charge on any atom is 0.255 e. The first-order valence-corrected chi connectivity index (χ1v) is 6.40. The van der Waals surface area contributed by atoms with Crippen molar-refractivity contribution < 1.29 is 14.3 Å². The number of phenolic OH excluding ortho intramolecular Hbond substituents is 1. The Labute approximate surface area is 121 Å². The minimum atomic E-state index is -0.599. The van der Waals surface area contributed by atoms with Gasteiger partial charge in [-0.05, 0) is 30.7 Å². The molecule has 2 N–H and O–H groups in total. The van der Waals surface area contributed by atoms with Gasteiger partial charge in [-0.3, -0.25) is 4.79 Å². The number of amides is 1. The summed E-state index contributed by atoms with van der Waals surface area (Å²) in [7, 11) is 0. The summed E-state index contributed by atoms with van der Waals surface area (Å²) < 4.78 is 12.9. The van der Waals surface area contributed by atoms with E-state index in [9.17, 15) is 14.3 Å². The lowest BCUT2D eigenvalue weighted by Gasteiger charge is -2.16. The molecule has 1 atom stereocenters. The van der Waals surface area contributed by atoms with Crippen LogP contribution >= 0.6 is 11.6 Å². The Hall–Kier alpha value is -2.07. The molecule has 0 aliphatic heterocycles. The van der Waals surface area contributed by atoms with Gasteiger partial charge < -0.3 is 10.4 Å². The van der Waals surface area contributed by atoms with Crippen LogP contribution in [0.4, 0.5) is 4.39 Å². The largest absolute Gasteiger partial charge is 0.507 e. The third-order valence-electron chi connectivity index (χ3n) is 2.92. The van der Waals surface area contributed by atoms with Crippen molar-refractivity contribution in [2.24, 2.45) is 0 Å². The van der Waals surface area contributed by atoms with Gasteiger partial charge in [-0.15, -0.1) is 0 Å². The second-order valence-corrected chi connectivity index (χ2v) is 4.79. The molecule has 20 heavy (non-hydrogen) atoms. The van der Waals surface area contributed by atoms with Gasteiger partial charge in [0, 0.05) is 11.1 Å². The van der Waals surface area contributed by atoms with Gasteiger partial charge >= 0.3 is 0 Å². The van der Waals surface area contributed by atoms with Crippen LogP contribution in [0.2, 0.25) is 5.02 Å². The summed E-state index contributed by atoms with van der Waals surface area (Å²) in [5, 5.41) is 12.8. The number of phenols is 1. The highest BCUT2D eigenvalue weighted by Crippen LogP contribution is 2.24. The normalized spacial score (nSPS) is 11.9. The van der Waals surface area contributed by atoms with Crippen LogP contribution in [0.3, 0.4) is 0 Å². The number of benzene rings is 2. The zero-order valence-electron chi connectivity index (χ0n) is 10.7. The van der Waals surface area contributed by atoms with E-state index in [1.54, 1.807) is 25.1 Å². The van der Waals surface area contributed by atoms with Crippen LogP contribution in [0.1, 0.15) is 28.9 Å². The fourth-order valence-corrected chi connectivity index (χ4v) is 2.17. The fraction of sp³-hybridized carbons (Fsp3) is 0.133. The molecule has 2 aromatic rings. The van der Waals surface area contributed by atoms with E-state index in [4.69, 9.17) is 11.6 Å². The minimum Gasteiger partial charge on any atom is -0.507 e. The van der Waals surface area contributed by atoms with Gasteiger partial charge in [0.15, 0.2) is 0 Å². The highest BCUT2D eigenvalue weighted by molar-refractivity contribution is 6.31. The van der Waals surface area contributed by atoms with Gasteiger partial charge in [-0.1, -0.05) is 29.8 Å². The summed E-state index contributed by atoms with van der Waals surface area (Å²) in [5.41, 5.74) is 0.787. The quantitative estimate of drug-likeness (QED) is 0.907. The van der Waals surface area contributed by atoms with E-state index in [-0.39, 0.29) is 11.6 Å². The van der Waals surface area contributed by atoms with E-state index in [0.717, 1.165) is 17.7 Å². The average Bonchev–Trinajstić information content (AvgIpc) is 2.38. The predicted octanol–water partition coefficient (Wildman–Crippen LogP) is 3.68. The van der Waals surface area contributed by atoms with E-state index in [0.29, 0.717) is 5.02 Å². The van der Waals surface area contributed by atoms with Crippen LogP contribution in [0.5, 0.6) is 5.75 Å². The smallest absolute Gasteiger partial charge is 0.255 e. The lowest BCUT2D eigenvalue weighted by atomic mass is 10.1. The van der Waals surface area contributed by atoms with E-state index in [2.05, 4.69) is 5.32 Å². The number of halogens is 2.